The van der Waals surface area contributed by atoms with E-state index in [1.807, 2.05) is 13.0 Å². The molecule has 0 bridgehead atoms. The van der Waals surface area contributed by atoms with Gasteiger partial charge in [-0.1, -0.05) is 18.9 Å². The molecule has 3 heterocycles. The zero-order chi connectivity index (χ0) is 19.9. The molecule has 0 radical (unpaired) electrons. The summed E-state index contributed by atoms with van der Waals surface area (Å²) in [7, 11) is 0. The maximum absolute atomic E-state index is 12.6. The molecular weight excluding hydrogens is 364 g/mol. The van der Waals surface area contributed by atoms with Crippen molar-refractivity contribution in [3.05, 3.63) is 46.0 Å². The van der Waals surface area contributed by atoms with Crippen LogP contribution in [0.15, 0.2) is 29.2 Å². The van der Waals surface area contributed by atoms with Gasteiger partial charge in [0, 0.05) is 12.3 Å². The molecule has 1 saturated carbocycles. The summed E-state index contributed by atoms with van der Waals surface area (Å²) in [4.78, 5) is 54.3. The van der Waals surface area contributed by atoms with E-state index < -0.39 is 24.1 Å². The molecule has 0 atom stereocenters. The normalized spacial score (nSPS) is 18.1. The first kappa shape index (κ1) is 18.1. The lowest BCUT2D eigenvalue weighted by atomic mass is 9.98. The average Bonchev–Trinajstić information content (AvgIpc) is 3.22. The van der Waals surface area contributed by atoms with Crippen molar-refractivity contribution in [2.45, 2.75) is 44.8 Å². The van der Waals surface area contributed by atoms with Crippen LogP contribution in [0.1, 0.15) is 36.9 Å². The second-order valence-electron chi connectivity index (χ2n) is 7.24. The van der Waals surface area contributed by atoms with Gasteiger partial charge in [0.15, 0.2) is 0 Å². The number of fused-ring (bicyclic) bond motifs is 1. The van der Waals surface area contributed by atoms with E-state index in [1.165, 1.54) is 10.5 Å². The Hall–Kier alpha value is -3.23. The summed E-state index contributed by atoms with van der Waals surface area (Å²) in [5.74, 6) is -1.10. The van der Waals surface area contributed by atoms with Crippen molar-refractivity contribution < 1.29 is 19.1 Å². The number of carbonyl (C=O) groups is 3. The SMILES string of the molecule is Cc1cccn2c(=O)cc(COC(=O)CN3C(=O)NC4(CCCC4)C3=O)nc12. The molecule has 1 aliphatic heterocycles. The maximum Gasteiger partial charge on any atom is 0.326 e. The van der Waals surface area contributed by atoms with Crippen LogP contribution >= 0.6 is 0 Å². The summed E-state index contributed by atoms with van der Waals surface area (Å²) in [5, 5.41) is 2.72. The Labute approximate surface area is 160 Å². The van der Waals surface area contributed by atoms with Crippen molar-refractivity contribution in [1.29, 1.82) is 0 Å². The molecule has 9 heteroatoms. The highest BCUT2D eigenvalue weighted by Gasteiger charge is 2.52. The smallest absolute Gasteiger partial charge is 0.326 e. The van der Waals surface area contributed by atoms with Gasteiger partial charge in [-0.25, -0.2) is 9.78 Å². The molecule has 4 rings (SSSR count). The van der Waals surface area contributed by atoms with Crippen LogP contribution in [0.3, 0.4) is 0 Å². The number of urea groups is 1. The summed E-state index contributed by atoms with van der Waals surface area (Å²) in [6.07, 6.45) is 4.53. The van der Waals surface area contributed by atoms with E-state index >= 15 is 0 Å². The molecule has 2 aliphatic rings. The molecular formula is C19H20N4O5. The van der Waals surface area contributed by atoms with Crippen LogP contribution in [0, 0.1) is 6.92 Å². The number of nitrogens with zero attached hydrogens (tertiary/aromatic N) is 3. The molecule has 2 aromatic rings. The van der Waals surface area contributed by atoms with Gasteiger partial charge in [-0.15, -0.1) is 0 Å². The van der Waals surface area contributed by atoms with Crippen LogP contribution in [-0.2, 0) is 20.9 Å². The standard InChI is InChI=1S/C19H20N4O5/c1-12-5-4-8-22-14(24)9-13(20-16(12)22)11-28-15(25)10-23-17(26)19(21-18(23)27)6-2-3-7-19/h4-5,8-9H,2-3,6-7,10-11H2,1H3,(H,21,27). The Morgan fingerprint density at radius 3 is 2.79 bits per heavy atom. The number of hydrogen-bond acceptors (Lipinski definition) is 6. The number of esters is 1. The van der Waals surface area contributed by atoms with Crippen LogP contribution in [0.4, 0.5) is 4.79 Å². The Balaban J connectivity index is 1.43. The van der Waals surface area contributed by atoms with Crippen LogP contribution < -0.4 is 10.9 Å². The quantitative estimate of drug-likeness (QED) is 0.620. The number of rotatable bonds is 4. The first-order valence-electron chi connectivity index (χ1n) is 9.17. The number of aromatic nitrogens is 2. The molecule has 2 fully saturated rings. The Bertz CT molecular complexity index is 1040. The Morgan fingerprint density at radius 1 is 1.29 bits per heavy atom. The Morgan fingerprint density at radius 2 is 2.04 bits per heavy atom. The highest BCUT2D eigenvalue weighted by atomic mass is 16.5. The summed E-state index contributed by atoms with van der Waals surface area (Å²) in [5.41, 5.74) is 0.463. The largest absolute Gasteiger partial charge is 0.458 e. The monoisotopic (exact) mass is 384 g/mol. The van der Waals surface area contributed by atoms with Crippen LogP contribution in [-0.4, -0.2) is 44.3 Å². The first-order chi connectivity index (χ1) is 13.4. The summed E-state index contributed by atoms with van der Waals surface area (Å²) >= 11 is 0. The van der Waals surface area contributed by atoms with Crippen molar-refractivity contribution >= 4 is 23.6 Å². The molecule has 28 heavy (non-hydrogen) atoms. The van der Waals surface area contributed by atoms with Crippen LogP contribution in [0.2, 0.25) is 0 Å². The third-order valence-electron chi connectivity index (χ3n) is 5.31. The number of ether oxygens (including phenoxy) is 1. The van der Waals surface area contributed by atoms with Crippen LogP contribution in [0.25, 0.3) is 5.65 Å². The molecule has 0 aromatic carbocycles. The van der Waals surface area contributed by atoms with Crippen molar-refractivity contribution in [1.82, 2.24) is 19.6 Å². The number of carbonyl (C=O) groups excluding carboxylic acids is 3. The van der Waals surface area contributed by atoms with E-state index in [0.29, 0.717) is 24.2 Å². The summed E-state index contributed by atoms with van der Waals surface area (Å²) in [6.45, 7) is 1.15. The van der Waals surface area contributed by atoms with Gasteiger partial charge in [-0.05, 0) is 31.4 Å². The van der Waals surface area contributed by atoms with E-state index in [9.17, 15) is 19.2 Å². The lowest BCUT2D eigenvalue weighted by Gasteiger charge is -2.19. The number of nitrogens with one attached hydrogen (secondary N) is 1. The molecule has 1 aliphatic carbocycles. The van der Waals surface area contributed by atoms with Crippen molar-refractivity contribution in [2.75, 3.05) is 6.54 Å². The number of imide groups is 1. The molecule has 1 spiro atoms. The van der Waals surface area contributed by atoms with Crippen molar-refractivity contribution in [3.8, 4) is 0 Å². The number of amides is 3. The number of hydrogen-bond donors (Lipinski definition) is 1. The molecule has 2 aromatic heterocycles. The van der Waals surface area contributed by atoms with Gasteiger partial charge in [0.1, 0.15) is 24.3 Å². The number of aryl methyl sites for hydroxylation is 1. The van der Waals surface area contributed by atoms with E-state index in [1.54, 1.807) is 12.3 Å². The first-order valence-corrected chi connectivity index (χ1v) is 9.17. The lowest BCUT2D eigenvalue weighted by Crippen LogP contribution is -2.44. The summed E-state index contributed by atoms with van der Waals surface area (Å²) in [6, 6.07) is 4.30. The molecule has 3 amide bonds. The highest BCUT2D eigenvalue weighted by molar-refractivity contribution is 6.08. The predicted molar refractivity (Wildman–Crippen MR) is 97.4 cm³/mol. The third kappa shape index (κ3) is 3.02. The van der Waals surface area contributed by atoms with Gasteiger partial charge in [0.2, 0.25) is 0 Å². The molecule has 1 N–H and O–H groups in total. The van der Waals surface area contributed by atoms with Gasteiger partial charge in [-0.3, -0.25) is 23.7 Å². The zero-order valence-corrected chi connectivity index (χ0v) is 15.4. The fraction of sp³-hybridized carbons (Fsp3) is 0.421. The third-order valence-corrected chi connectivity index (χ3v) is 5.31. The minimum atomic E-state index is -0.858. The van der Waals surface area contributed by atoms with E-state index in [4.69, 9.17) is 4.74 Å². The van der Waals surface area contributed by atoms with Crippen molar-refractivity contribution in [3.63, 3.8) is 0 Å². The van der Waals surface area contributed by atoms with Gasteiger partial charge in [0.25, 0.3) is 11.5 Å². The lowest BCUT2D eigenvalue weighted by molar-refractivity contribution is -0.148. The van der Waals surface area contributed by atoms with Gasteiger partial charge in [-0.2, -0.15) is 0 Å². The van der Waals surface area contributed by atoms with E-state index in [-0.39, 0.29) is 18.1 Å². The van der Waals surface area contributed by atoms with E-state index in [0.717, 1.165) is 23.3 Å². The van der Waals surface area contributed by atoms with E-state index in [2.05, 4.69) is 10.3 Å². The predicted octanol–water partition coefficient (Wildman–Crippen LogP) is 0.911. The minimum Gasteiger partial charge on any atom is -0.458 e. The van der Waals surface area contributed by atoms with Gasteiger partial charge < -0.3 is 10.1 Å². The second-order valence-corrected chi connectivity index (χ2v) is 7.24. The molecule has 0 unspecified atom stereocenters. The fourth-order valence-corrected chi connectivity index (χ4v) is 3.85. The average molecular weight is 384 g/mol. The minimum absolute atomic E-state index is 0.215. The topological polar surface area (TPSA) is 110 Å². The zero-order valence-electron chi connectivity index (χ0n) is 15.4. The maximum atomic E-state index is 12.6. The van der Waals surface area contributed by atoms with Gasteiger partial charge in [0.05, 0.1) is 5.69 Å². The van der Waals surface area contributed by atoms with Crippen molar-refractivity contribution in [2.24, 2.45) is 0 Å². The summed E-state index contributed by atoms with van der Waals surface area (Å²) < 4.78 is 6.57. The molecule has 1 saturated heterocycles. The highest BCUT2D eigenvalue weighted by Crippen LogP contribution is 2.34. The second kappa shape index (κ2) is 6.74. The van der Waals surface area contributed by atoms with Crippen LogP contribution in [0.5, 0.6) is 0 Å². The van der Waals surface area contributed by atoms with Gasteiger partial charge >= 0.3 is 12.0 Å². The molecule has 9 nitrogen and oxygen atoms in total. The number of pyridine rings is 1. The Kier molecular flexibility index (Phi) is 4.37. The fourth-order valence-electron chi connectivity index (χ4n) is 3.85. The molecule has 146 valence electrons.